The van der Waals surface area contributed by atoms with E-state index in [1.807, 2.05) is 6.92 Å². The van der Waals surface area contributed by atoms with E-state index >= 15 is 0 Å². The Balaban J connectivity index is 1.91. The van der Waals surface area contributed by atoms with E-state index in [1.54, 1.807) is 34.9 Å². The molecule has 1 aliphatic rings. The first kappa shape index (κ1) is 24.4. The lowest BCUT2D eigenvalue weighted by Gasteiger charge is -2.33. The molecule has 182 valence electrons. The predicted molar refractivity (Wildman–Crippen MR) is 134 cm³/mol. The zero-order chi connectivity index (χ0) is 24.9. The molecular formula is C27H29FN4O3. The lowest BCUT2D eigenvalue weighted by molar-refractivity contribution is 0.201. The Kier molecular flexibility index (Phi) is 7.47. The maximum absolute atomic E-state index is 14.6. The number of benzene rings is 2. The van der Waals surface area contributed by atoms with E-state index < -0.39 is 5.82 Å². The summed E-state index contributed by atoms with van der Waals surface area (Å²) in [4.78, 5) is 24.2. The van der Waals surface area contributed by atoms with Crippen molar-refractivity contribution in [3.8, 4) is 28.1 Å². The smallest absolute Gasteiger partial charge is 0.263 e. The third-order valence-electron chi connectivity index (χ3n) is 6.38. The second-order valence-corrected chi connectivity index (χ2v) is 8.73. The van der Waals surface area contributed by atoms with Gasteiger partial charge in [-0.05, 0) is 49.4 Å². The molecule has 0 radical (unpaired) electrons. The van der Waals surface area contributed by atoms with E-state index in [0.717, 1.165) is 25.9 Å². The molecule has 35 heavy (non-hydrogen) atoms. The van der Waals surface area contributed by atoms with Gasteiger partial charge in [0.25, 0.3) is 5.56 Å². The fourth-order valence-electron chi connectivity index (χ4n) is 4.37. The van der Waals surface area contributed by atoms with Crippen LogP contribution in [0.3, 0.4) is 0 Å². The van der Waals surface area contributed by atoms with Crippen molar-refractivity contribution in [2.45, 2.75) is 33.2 Å². The fraction of sp³-hybridized carbons (Fsp3) is 0.370. The lowest BCUT2D eigenvalue weighted by atomic mass is 9.98. The van der Waals surface area contributed by atoms with Crippen LogP contribution in [0.15, 0.2) is 47.3 Å². The minimum atomic E-state index is -0.647. The lowest BCUT2D eigenvalue weighted by Crippen LogP contribution is -2.38. The van der Waals surface area contributed by atoms with Crippen LogP contribution in [-0.4, -0.2) is 41.0 Å². The van der Waals surface area contributed by atoms with Crippen molar-refractivity contribution in [3.63, 3.8) is 0 Å². The number of ether oxygens (including phenoxy) is 1. The molecule has 1 aliphatic heterocycles. The largest absolute Gasteiger partial charge is 0.491 e. The molecule has 2 heterocycles. The van der Waals surface area contributed by atoms with Crippen LogP contribution in [0.25, 0.3) is 27.2 Å². The molecule has 1 fully saturated rings. The number of hydrogen-bond acceptors (Lipinski definition) is 5. The van der Waals surface area contributed by atoms with Crippen molar-refractivity contribution in [3.05, 3.63) is 70.1 Å². The van der Waals surface area contributed by atoms with Gasteiger partial charge >= 0.3 is 0 Å². The third-order valence-corrected chi connectivity index (χ3v) is 6.38. The maximum atomic E-state index is 14.6. The van der Waals surface area contributed by atoms with Gasteiger partial charge < -0.3 is 14.7 Å². The number of halogens is 1. The number of rotatable bonds is 7. The first-order valence-corrected chi connectivity index (χ1v) is 11.9. The Morgan fingerprint density at radius 2 is 1.86 bits per heavy atom. The van der Waals surface area contributed by atoms with Gasteiger partial charge in [0.05, 0.1) is 24.4 Å². The highest BCUT2D eigenvalue weighted by atomic mass is 19.1. The number of anilines is 1. The monoisotopic (exact) mass is 476 g/mol. The second-order valence-electron chi connectivity index (χ2n) is 8.73. The molecule has 1 N–H and O–H groups in total. The number of piperidine rings is 1. The number of nitrogens with zero attached hydrogens (tertiary/aromatic N) is 4. The van der Waals surface area contributed by atoms with Gasteiger partial charge in [-0.15, -0.1) is 0 Å². The van der Waals surface area contributed by atoms with E-state index in [4.69, 9.17) is 21.4 Å². The topological polar surface area (TPSA) is 72.0 Å². The minimum absolute atomic E-state index is 0.0761. The van der Waals surface area contributed by atoms with E-state index in [-0.39, 0.29) is 24.5 Å². The number of hydrogen-bond donors (Lipinski definition) is 1. The molecule has 7 nitrogen and oxygen atoms in total. The Hall–Kier alpha value is -3.70. The Morgan fingerprint density at radius 3 is 2.46 bits per heavy atom. The summed E-state index contributed by atoms with van der Waals surface area (Å²) in [6, 6.07) is 11.3. The van der Waals surface area contributed by atoms with Crippen molar-refractivity contribution < 1.29 is 14.2 Å². The summed E-state index contributed by atoms with van der Waals surface area (Å²) < 4.78 is 21.7. The molecule has 0 saturated carbocycles. The van der Waals surface area contributed by atoms with Crippen molar-refractivity contribution in [1.29, 1.82) is 0 Å². The standard InChI is InChI=1S/C27H29FN4O3/c1-4-32-26(34)24(19-5-8-21(9-6-19)35-16-15-33)25(20-7-10-23(29-3)22(28)17-20)30-27(32)31-13-11-18(2)12-14-31/h5-10,17-18,33H,4,11-16H2,1-2H3. The van der Waals surface area contributed by atoms with Crippen molar-refractivity contribution in [2.75, 3.05) is 31.2 Å². The van der Waals surface area contributed by atoms with Crippen LogP contribution in [0.5, 0.6) is 5.75 Å². The summed E-state index contributed by atoms with van der Waals surface area (Å²) in [6.07, 6.45) is 2.03. The molecule has 8 heteroatoms. The molecule has 0 unspecified atom stereocenters. The van der Waals surface area contributed by atoms with Gasteiger partial charge in [-0.1, -0.05) is 31.2 Å². The van der Waals surface area contributed by atoms with Gasteiger partial charge in [0.1, 0.15) is 18.2 Å². The van der Waals surface area contributed by atoms with Crippen molar-refractivity contribution in [2.24, 2.45) is 5.92 Å². The first-order chi connectivity index (χ1) is 17.0. The molecule has 3 aromatic rings. The van der Waals surface area contributed by atoms with Gasteiger partial charge in [-0.3, -0.25) is 9.36 Å². The average molecular weight is 477 g/mol. The molecule has 1 aromatic heterocycles. The predicted octanol–water partition coefficient (Wildman–Crippen LogP) is 4.89. The third kappa shape index (κ3) is 5.05. The quantitative estimate of drug-likeness (QED) is 0.492. The van der Waals surface area contributed by atoms with Crippen molar-refractivity contribution in [1.82, 2.24) is 9.55 Å². The van der Waals surface area contributed by atoms with Gasteiger partial charge in [0, 0.05) is 25.2 Å². The Morgan fingerprint density at radius 1 is 1.17 bits per heavy atom. The van der Waals surface area contributed by atoms with Gasteiger partial charge in [-0.2, -0.15) is 0 Å². The highest BCUT2D eigenvalue weighted by Gasteiger charge is 2.25. The van der Waals surface area contributed by atoms with Crippen LogP contribution in [-0.2, 0) is 6.54 Å². The minimum Gasteiger partial charge on any atom is -0.491 e. The maximum Gasteiger partial charge on any atom is 0.263 e. The molecule has 0 bridgehead atoms. The van der Waals surface area contributed by atoms with Crippen LogP contribution >= 0.6 is 0 Å². The average Bonchev–Trinajstić information content (AvgIpc) is 2.87. The summed E-state index contributed by atoms with van der Waals surface area (Å²) in [7, 11) is 0. The van der Waals surface area contributed by atoms with Crippen LogP contribution in [0, 0.1) is 18.3 Å². The highest BCUT2D eigenvalue weighted by molar-refractivity contribution is 5.82. The molecular weight excluding hydrogens is 447 g/mol. The van der Waals surface area contributed by atoms with E-state index in [9.17, 15) is 9.18 Å². The van der Waals surface area contributed by atoms with Crippen LogP contribution < -0.4 is 15.2 Å². The summed E-state index contributed by atoms with van der Waals surface area (Å²) in [5.41, 5.74) is 1.54. The number of aliphatic hydroxyl groups is 1. The number of aliphatic hydroxyl groups excluding tert-OH is 1. The van der Waals surface area contributed by atoms with Gasteiger partial charge in [0.2, 0.25) is 11.6 Å². The van der Waals surface area contributed by atoms with E-state index in [2.05, 4.69) is 16.7 Å². The Bertz CT molecular complexity index is 1290. The first-order valence-electron chi connectivity index (χ1n) is 11.9. The second kappa shape index (κ2) is 10.7. The van der Waals surface area contributed by atoms with Crippen molar-refractivity contribution >= 4 is 11.6 Å². The highest BCUT2D eigenvalue weighted by Crippen LogP contribution is 2.34. The zero-order valence-electron chi connectivity index (χ0n) is 20.0. The molecule has 0 aliphatic carbocycles. The summed E-state index contributed by atoms with van der Waals surface area (Å²) >= 11 is 0. The normalized spacial score (nSPS) is 14.1. The SMILES string of the molecule is [C-]#[N+]c1ccc(-c2nc(N3CCC(C)CC3)n(CC)c(=O)c2-c2ccc(OCCO)cc2)cc1F. The molecule has 0 amide bonds. The summed E-state index contributed by atoms with van der Waals surface area (Å²) in [5.74, 6) is 1.12. The molecule has 4 rings (SSSR count). The molecule has 1 saturated heterocycles. The fourth-order valence-corrected chi connectivity index (χ4v) is 4.37. The van der Waals surface area contributed by atoms with E-state index in [1.165, 1.54) is 12.1 Å². The molecule has 0 atom stereocenters. The zero-order valence-corrected chi connectivity index (χ0v) is 20.0. The van der Waals surface area contributed by atoms with Gasteiger partial charge in [-0.25, -0.2) is 14.2 Å². The van der Waals surface area contributed by atoms with E-state index in [0.29, 0.717) is 46.5 Å². The number of aromatic nitrogens is 2. The van der Waals surface area contributed by atoms with Crippen LogP contribution in [0.1, 0.15) is 26.7 Å². The van der Waals surface area contributed by atoms with Gasteiger partial charge in [0.15, 0.2) is 0 Å². The Labute approximate surface area is 204 Å². The molecule has 2 aromatic carbocycles. The summed E-state index contributed by atoms with van der Waals surface area (Å²) in [5, 5.41) is 8.99. The summed E-state index contributed by atoms with van der Waals surface area (Å²) in [6.45, 7) is 13.4. The molecule has 0 spiro atoms. The van der Waals surface area contributed by atoms with Crippen LogP contribution in [0.4, 0.5) is 16.0 Å². The van der Waals surface area contributed by atoms with Crippen LogP contribution in [0.2, 0.25) is 0 Å².